The Hall–Kier alpha value is -5.13. The van der Waals surface area contributed by atoms with Gasteiger partial charge in [0.15, 0.2) is 0 Å². The highest BCUT2D eigenvalue weighted by atomic mass is 16.6. The number of nitro groups is 1. The fourth-order valence-corrected chi connectivity index (χ4v) is 3.58. The number of nitrogens with zero attached hydrogens (tertiary/aromatic N) is 6. The molecule has 41 heavy (non-hydrogen) atoms. The Kier molecular flexibility index (Phi) is 11.0. The van der Waals surface area contributed by atoms with E-state index >= 15 is 0 Å². The molecule has 0 aliphatic carbocycles. The van der Waals surface area contributed by atoms with Crippen LogP contribution >= 0.6 is 0 Å². The van der Waals surface area contributed by atoms with Gasteiger partial charge in [0.05, 0.1) is 37.1 Å². The topological polar surface area (TPSA) is 141 Å². The third-order valence-corrected chi connectivity index (χ3v) is 5.99. The maximum absolute atomic E-state index is 11.8. The molecule has 12 heteroatoms. The van der Waals surface area contributed by atoms with Gasteiger partial charge in [0.25, 0.3) is 5.69 Å². The molecule has 0 N–H and O–H groups in total. The van der Waals surface area contributed by atoms with Crippen LogP contribution in [0.4, 0.5) is 34.1 Å². The number of nitro benzene ring substituents is 1. The van der Waals surface area contributed by atoms with E-state index in [0.29, 0.717) is 52.8 Å². The predicted molar refractivity (Wildman–Crippen MR) is 156 cm³/mol. The van der Waals surface area contributed by atoms with Crippen LogP contribution in [0, 0.1) is 10.1 Å². The Labute approximate surface area is 238 Å². The Morgan fingerprint density at radius 3 is 1.83 bits per heavy atom. The van der Waals surface area contributed by atoms with Crippen LogP contribution in [0.2, 0.25) is 0 Å². The van der Waals surface area contributed by atoms with E-state index in [1.54, 1.807) is 12.1 Å². The first-order valence-corrected chi connectivity index (χ1v) is 12.8. The first-order valence-electron chi connectivity index (χ1n) is 12.8. The second-order valence-corrected chi connectivity index (χ2v) is 8.56. The molecule has 3 aromatic rings. The van der Waals surface area contributed by atoms with Crippen LogP contribution in [0.15, 0.2) is 93.3 Å². The summed E-state index contributed by atoms with van der Waals surface area (Å²) in [6.45, 7) is 9.13. The summed E-state index contributed by atoms with van der Waals surface area (Å²) in [5.74, 6) is 0.427. The molecule has 3 rings (SSSR count). The molecule has 0 aliphatic heterocycles. The molecular formula is C29H32N6O6. The van der Waals surface area contributed by atoms with Gasteiger partial charge < -0.3 is 19.1 Å². The van der Waals surface area contributed by atoms with Gasteiger partial charge in [0.2, 0.25) is 0 Å². The highest BCUT2D eigenvalue weighted by Crippen LogP contribution is 2.41. The maximum Gasteiger partial charge on any atom is 0.333 e. The van der Waals surface area contributed by atoms with Gasteiger partial charge in [-0.2, -0.15) is 10.2 Å². The zero-order valence-electron chi connectivity index (χ0n) is 23.4. The second kappa shape index (κ2) is 14.9. The average Bonchev–Trinajstić information content (AvgIpc) is 3.00. The number of ether oxygens (including phenoxy) is 3. The molecule has 0 saturated carbocycles. The molecule has 0 amide bonds. The summed E-state index contributed by atoms with van der Waals surface area (Å²) in [5, 5.41) is 27.8. The molecule has 0 aliphatic rings. The number of hydrogen-bond acceptors (Lipinski definition) is 11. The molecule has 0 atom stereocenters. The summed E-state index contributed by atoms with van der Waals surface area (Å²) >= 11 is 0. The van der Waals surface area contributed by atoms with Gasteiger partial charge in [-0.3, -0.25) is 10.1 Å². The summed E-state index contributed by atoms with van der Waals surface area (Å²) in [6, 6.07) is 16.5. The van der Waals surface area contributed by atoms with Crippen molar-refractivity contribution in [3.63, 3.8) is 0 Å². The first kappa shape index (κ1) is 30.4. The Morgan fingerprint density at radius 2 is 1.39 bits per heavy atom. The number of esters is 1. The van der Waals surface area contributed by atoms with Gasteiger partial charge in [0.1, 0.15) is 29.5 Å². The summed E-state index contributed by atoms with van der Waals surface area (Å²) in [7, 11) is 2.99. The molecule has 0 unspecified atom stereocenters. The molecule has 12 nitrogen and oxygen atoms in total. The molecule has 0 bridgehead atoms. The number of anilines is 1. The van der Waals surface area contributed by atoms with Crippen LogP contribution in [0.25, 0.3) is 0 Å². The van der Waals surface area contributed by atoms with Crippen molar-refractivity contribution in [1.29, 1.82) is 0 Å². The molecule has 0 aromatic heterocycles. The molecule has 0 radical (unpaired) electrons. The van der Waals surface area contributed by atoms with E-state index in [4.69, 9.17) is 14.2 Å². The van der Waals surface area contributed by atoms with E-state index in [1.165, 1.54) is 38.5 Å². The minimum atomic E-state index is -0.482. The zero-order chi connectivity index (χ0) is 29.8. The second-order valence-electron chi connectivity index (χ2n) is 8.56. The number of benzene rings is 3. The van der Waals surface area contributed by atoms with Crippen LogP contribution in [0.5, 0.6) is 11.5 Å². The normalized spacial score (nSPS) is 11.0. The molecule has 0 saturated heterocycles. The van der Waals surface area contributed by atoms with Gasteiger partial charge in [-0.05, 0) is 49.7 Å². The van der Waals surface area contributed by atoms with Gasteiger partial charge >= 0.3 is 5.97 Å². The lowest BCUT2D eigenvalue weighted by Gasteiger charge is -2.23. The van der Waals surface area contributed by atoms with Crippen LogP contribution in [-0.4, -0.2) is 44.8 Å². The quantitative estimate of drug-likeness (QED) is 0.0644. The fraction of sp³-hybridized carbons (Fsp3) is 0.276. The monoisotopic (exact) mass is 560 g/mol. The molecule has 0 fully saturated rings. The van der Waals surface area contributed by atoms with Gasteiger partial charge in [-0.1, -0.05) is 13.5 Å². The number of methoxy groups -OCH3 is 2. The Bertz CT molecular complexity index is 1420. The van der Waals surface area contributed by atoms with Crippen molar-refractivity contribution in [2.45, 2.75) is 20.3 Å². The zero-order valence-corrected chi connectivity index (χ0v) is 23.4. The molecule has 3 aromatic carbocycles. The van der Waals surface area contributed by atoms with Crippen LogP contribution in [-0.2, 0) is 9.53 Å². The molecule has 0 heterocycles. The van der Waals surface area contributed by atoms with Crippen molar-refractivity contribution in [2.24, 2.45) is 20.5 Å². The number of rotatable bonds is 14. The lowest BCUT2D eigenvalue weighted by atomic mass is 10.2. The van der Waals surface area contributed by atoms with Crippen LogP contribution in [0.1, 0.15) is 20.3 Å². The standard InChI is InChI=1S/C29H32N6O6/c1-6-20(3)29(36)41-17-16-34(7-2)23-12-8-21(9-13-23)30-32-25-18-28(40-5)26(19-27(25)39-4)33-31-22-10-14-24(15-11-22)35(37)38/h8-15,18-19H,3,6-7,16-17H2,1-2,4-5H3. The number of hydrogen-bond donors (Lipinski definition) is 0. The third-order valence-electron chi connectivity index (χ3n) is 5.99. The number of carbonyl (C=O) groups is 1. The van der Waals surface area contributed by atoms with Crippen molar-refractivity contribution in [3.8, 4) is 11.5 Å². The predicted octanol–water partition coefficient (Wildman–Crippen LogP) is 7.78. The van der Waals surface area contributed by atoms with Crippen molar-refractivity contribution < 1.29 is 23.9 Å². The minimum Gasteiger partial charge on any atom is -0.494 e. The first-order chi connectivity index (χ1) is 19.8. The van der Waals surface area contributed by atoms with Crippen LogP contribution in [0.3, 0.4) is 0 Å². The van der Waals surface area contributed by atoms with Crippen molar-refractivity contribution in [1.82, 2.24) is 0 Å². The lowest BCUT2D eigenvalue weighted by molar-refractivity contribution is -0.384. The number of carbonyl (C=O) groups excluding carboxylic acids is 1. The SMILES string of the molecule is C=C(CC)C(=O)OCCN(CC)c1ccc(N=Nc2cc(OC)c(N=Nc3ccc([N+](=O)[O-])cc3)cc2OC)cc1. The summed E-state index contributed by atoms with van der Waals surface area (Å²) < 4.78 is 16.2. The van der Waals surface area contributed by atoms with E-state index in [2.05, 4.69) is 31.9 Å². The van der Waals surface area contributed by atoms with Gasteiger partial charge in [-0.15, -0.1) is 10.2 Å². The highest BCUT2D eigenvalue weighted by Gasteiger charge is 2.12. The molecule has 214 valence electrons. The van der Waals surface area contributed by atoms with E-state index in [9.17, 15) is 14.9 Å². The van der Waals surface area contributed by atoms with Crippen LogP contribution < -0.4 is 14.4 Å². The number of likely N-dealkylation sites (N-methyl/N-ethyl adjacent to an activating group) is 1. The van der Waals surface area contributed by atoms with E-state index in [1.807, 2.05) is 38.1 Å². The molecular weight excluding hydrogens is 528 g/mol. The fourth-order valence-electron chi connectivity index (χ4n) is 3.58. The summed E-state index contributed by atoms with van der Waals surface area (Å²) in [6.07, 6.45) is 0.560. The largest absolute Gasteiger partial charge is 0.494 e. The summed E-state index contributed by atoms with van der Waals surface area (Å²) in [4.78, 5) is 24.3. The van der Waals surface area contributed by atoms with Gasteiger partial charge in [0, 0.05) is 42.1 Å². The van der Waals surface area contributed by atoms with Crippen molar-refractivity contribution in [3.05, 3.63) is 82.9 Å². The number of non-ortho nitro benzene ring substituents is 1. The van der Waals surface area contributed by atoms with Crippen molar-refractivity contribution >= 4 is 40.1 Å². The van der Waals surface area contributed by atoms with E-state index in [0.717, 1.165) is 12.2 Å². The Morgan fingerprint density at radius 1 is 0.878 bits per heavy atom. The summed E-state index contributed by atoms with van der Waals surface area (Å²) in [5.41, 5.74) is 3.25. The minimum absolute atomic E-state index is 0.0350. The Balaban J connectivity index is 1.71. The smallest absolute Gasteiger partial charge is 0.333 e. The number of azo groups is 2. The van der Waals surface area contributed by atoms with E-state index in [-0.39, 0.29) is 18.3 Å². The lowest BCUT2D eigenvalue weighted by Crippen LogP contribution is -2.28. The molecule has 0 spiro atoms. The van der Waals surface area contributed by atoms with E-state index < -0.39 is 4.92 Å². The van der Waals surface area contributed by atoms with Gasteiger partial charge in [-0.25, -0.2) is 4.79 Å². The van der Waals surface area contributed by atoms with Crippen molar-refractivity contribution in [2.75, 3.05) is 38.8 Å². The highest BCUT2D eigenvalue weighted by molar-refractivity contribution is 5.87. The third kappa shape index (κ3) is 8.43. The maximum atomic E-state index is 11.8. The average molecular weight is 561 g/mol.